The van der Waals surface area contributed by atoms with Gasteiger partial charge in [-0.15, -0.1) is 11.3 Å². The number of nitrogens with two attached hydrogens (primary N) is 1. The predicted octanol–water partition coefficient (Wildman–Crippen LogP) is 6.00. The first-order valence-electron chi connectivity index (χ1n) is 20.7. The maximum Gasteiger partial charge on any atom is 0.303 e. The molecule has 0 spiro atoms. The van der Waals surface area contributed by atoms with Crippen LogP contribution in [-0.4, -0.2) is 88.7 Å². The molecule has 0 unspecified atom stereocenters. The quantitative estimate of drug-likeness (QED) is 0.0262. The van der Waals surface area contributed by atoms with Gasteiger partial charge in [-0.1, -0.05) is 84.1 Å². The number of nitrogens with zero attached hydrogens (tertiary/aromatic N) is 3. The van der Waals surface area contributed by atoms with E-state index in [0.717, 1.165) is 68.4 Å². The predicted molar refractivity (Wildman–Crippen MR) is 225 cm³/mol. The number of thiazole rings is 1. The fraction of sp³-hybridized carbons (Fsp3) is 0.628. The van der Waals surface area contributed by atoms with Gasteiger partial charge < -0.3 is 20.3 Å². The van der Waals surface area contributed by atoms with E-state index >= 15 is 0 Å². The van der Waals surface area contributed by atoms with E-state index in [-0.39, 0.29) is 48.1 Å². The SMILES string of the molecule is C=C(C)[C@@H](C[C@@H](OC(C)=O)c1nc(C(=O)N[C@@H](Cc2ccc(F)cc2)C[C@H](C)C(=O)NN)cs1)N(CCCCCC)C(=O)[C@@H](NC(=O)[C@H]1CCCCN1C)[C@@H](C)CC. The standard InChI is InChI=1S/C43H66FN7O6S/c1-9-11-12-14-22-51(43(56)38(28(5)10-2)48-41(55)35-16-13-15-21-50(35)8)36(27(3)4)25-37(57-30(7)52)42-47-34(26-58-42)40(54)46-33(23-29(6)39(53)49-45)24-31-17-19-32(44)20-18-31/h17-20,26,28-29,33,35-38H,3,9-16,21-25,45H2,1-2,4-8H3,(H,46,54)(H,48,55)(H,49,53)/t28-,29-,33+,35+,36+,37+,38-/m0/s1. The molecule has 0 radical (unpaired) electrons. The second-order valence-corrected chi connectivity index (χ2v) is 16.8. The molecule has 0 bridgehead atoms. The summed E-state index contributed by atoms with van der Waals surface area (Å²) in [6.07, 6.45) is 6.82. The maximum absolute atomic E-state index is 14.8. The van der Waals surface area contributed by atoms with Gasteiger partial charge in [-0.2, -0.15) is 0 Å². The molecule has 7 atom stereocenters. The van der Waals surface area contributed by atoms with Crippen molar-refractivity contribution < 1.29 is 33.1 Å². The topological polar surface area (TPSA) is 176 Å². The Morgan fingerprint density at radius 3 is 2.36 bits per heavy atom. The molecule has 1 saturated heterocycles. The van der Waals surface area contributed by atoms with Crippen LogP contribution in [0.15, 0.2) is 41.8 Å². The minimum atomic E-state index is -0.924. The number of carbonyl (C=O) groups is 5. The Morgan fingerprint density at radius 1 is 1.05 bits per heavy atom. The summed E-state index contributed by atoms with van der Waals surface area (Å²) in [6, 6.07) is 3.72. The molecule has 2 aromatic rings. The van der Waals surface area contributed by atoms with Crippen LogP contribution < -0.4 is 21.9 Å². The van der Waals surface area contributed by atoms with Gasteiger partial charge in [0.2, 0.25) is 17.7 Å². The number of esters is 1. The largest absolute Gasteiger partial charge is 0.455 e. The molecule has 322 valence electrons. The van der Waals surface area contributed by atoms with Gasteiger partial charge in [0.25, 0.3) is 5.91 Å². The highest BCUT2D eigenvalue weighted by Gasteiger charge is 2.38. The first-order chi connectivity index (χ1) is 27.6. The summed E-state index contributed by atoms with van der Waals surface area (Å²) in [5, 5.41) is 8.06. The number of halogens is 1. The van der Waals surface area contributed by atoms with E-state index in [2.05, 4.69) is 39.4 Å². The maximum atomic E-state index is 14.8. The number of hydrazine groups is 1. The molecule has 4 amide bonds. The first-order valence-corrected chi connectivity index (χ1v) is 21.6. The third kappa shape index (κ3) is 14.6. The van der Waals surface area contributed by atoms with Crippen LogP contribution in [0.2, 0.25) is 0 Å². The van der Waals surface area contributed by atoms with E-state index in [0.29, 0.717) is 30.0 Å². The van der Waals surface area contributed by atoms with Gasteiger partial charge in [-0.3, -0.25) is 34.3 Å². The van der Waals surface area contributed by atoms with Crippen LogP contribution in [0.3, 0.4) is 0 Å². The second-order valence-electron chi connectivity index (χ2n) is 15.9. The lowest BCUT2D eigenvalue weighted by Gasteiger charge is -2.39. The number of aromatic nitrogens is 1. The second kappa shape index (κ2) is 24.0. The third-order valence-corrected chi connectivity index (χ3v) is 12.0. The highest BCUT2D eigenvalue weighted by molar-refractivity contribution is 7.09. The lowest BCUT2D eigenvalue weighted by Crippen LogP contribution is -2.58. The van der Waals surface area contributed by atoms with Crippen LogP contribution >= 0.6 is 11.3 Å². The molecule has 3 rings (SSSR count). The van der Waals surface area contributed by atoms with Crippen LogP contribution in [-0.2, 0) is 30.3 Å². The molecule has 5 N–H and O–H groups in total. The lowest BCUT2D eigenvalue weighted by molar-refractivity contribution is -0.148. The summed E-state index contributed by atoms with van der Waals surface area (Å²) in [5.41, 5.74) is 3.67. The summed E-state index contributed by atoms with van der Waals surface area (Å²) in [7, 11) is 1.94. The number of ether oxygens (including phenoxy) is 1. The summed E-state index contributed by atoms with van der Waals surface area (Å²) in [6.45, 7) is 16.4. The highest BCUT2D eigenvalue weighted by Crippen LogP contribution is 2.32. The van der Waals surface area contributed by atoms with Crippen molar-refractivity contribution >= 4 is 40.9 Å². The number of benzene rings is 1. The van der Waals surface area contributed by atoms with E-state index in [1.807, 2.05) is 27.8 Å². The average molecular weight is 828 g/mol. The number of piperidine rings is 1. The molecule has 13 nitrogen and oxygen atoms in total. The number of amides is 4. The van der Waals surface area contributed by atoms with Crippen molar-refractivity contribution in [3.05, 3.63) is 63.9 Å². The molecule has 1 aromatic heterocycles. The summed E-state index contributed by atoms with van der Waals surface area (Å²) in [4.78, 5) is 75.5. The van der Waals surface area contributed by atoms with E-state index in [4.69, 9.17) is 10.6 Å². The fourth-order valence-corrected chi connectivity index (χ4v) is 8.26. The Morgan fingerprint density at radius 2 is 1.76 bits per heavy atom. The van der Waals surface area contributed by atoms with Gasteiger partial charge in [0, 0.05) is 37.2 Å². The Labute approximate surface area is 348 Å². The molecular weight excluding hydrogens is 762 g/mol. The molecular formula is C43H66FN7O6S. The smallest absolute Gasteiger partial charge is 0.303 e. The highest BCUT2D eigenvalue weighted by atomic mass is 32.1. The average Bonchev–Trinajstić information content (AvgIpc) is 3.69. The van der Waals surface area contributed by atoms with Crippen LogP contribution in [0, 0.1) is 17.7 Å². The minimum Gasteiger partial charge on any atom is -0.455 e. The van der Waals surface area contributed by atoms with Crippen molar-refractivity contribution in [2.75, 3.05) is 20.1 Å². The molecule has 2 heterocycles. The molecule has 1 aromatic carbocycles. The summed E-state index contributed by atoms with van der Waals surface area (Å²) >= 11 is 1.15. The number of likely N-dealkylation sites (tertiary alicyclic amines) is 1. The normalized spacial score (nSPS) is 17.5. The van der Waals surface area contributed by atoms with E-state index in [1.165, 1.54) is 19.1 Å². The zero-order valence-electron chi connectivity index (χ0n) is 35.5. The van der Waals surface area contributed by atoms with Gasteiger partial charge in [-0.05, 0) is 76.2 Å². The van der Waals surface area contributed by atoms with Gasteiger partial charge in [0.15, 0.2) is 6.10 Å². The van der Waals surface area contributed by atoms with E-state index in [9.17, 15) is 28.4 Å². The first kappa shape index (κ1) is 48.2. The Kier molecular flexibility index (Phi) is 19.9. The molecule has 58 heavy (non-hydrogen) atoms. The van der Waals surface area contributed by atoms with Crippen LogP contribution in [0.5, 0.6) is 0 Å². The van der Waals surface area contributed by atoms with Crippen molar-refractivity contribution in [3.8, 4) is 0 Å². The van der Waals surface area contributed by atoms with Crippen molar-refractivity contribution in [3.63, 3.8) is 0 Å². The van der Waals surface area contributed by atoms with Crippen LogP contribution in [0.4, 0.5) is 4.39 Å². The zero-order chi connectivity index (χ0) is 42.9. The Balaban J connectivity index is 1.93. The monoisotopic (exact) mass is 827 g/mol. The van der Waals surface area contributed by atoms with Gasteiger partial charge >= 0.3 is 5.97 Å². The minimum absolute atomic E-state index is 0.0868. The van der Waals surface area contributed by atoms with Gasteiger partial charge in [0.05, 0.1) is 12.1 Å². The third-order valence-electron chi connectivity index (χ3n) is 11.1. The molecule has 1 aliphatic heterocycles. The summed E-state index contributed by atoms with van der Waals surface area (Å²) in [5.74, 6) is 2.47. The van der Waals surface area contributed by atoms with E-state index < -0.39 is 47.9 Å². The molecule has 0 saturated carbocycles. The van der Waals surface area contributed by atoms with Crippen molar-refractivity contribution in [2.24, 2.45) is 17.7 Å². The molecule has 1 fully saturated rings. The lowest BCUT2D eigenvalue weighted by atomic mass is 9.93. The number of hydrogen-bond donors (Lipinski definition) is 4. The fourth-order valence-electron chi connectivity index (χ4n) is 7.42. The number of unbranched alkanes of at least 4 members (excludes halogenated alkanes) is 3. The molecule has 0 aliphatic carbocycles. The number of nitrogens with one attached hydrogen (secondary N) is 3. The Hall–Kier alpha value is -4.21. The number of rotatable bonds is 23. The summed E-state index contributed by atoms with van der Waals surface area (Å²) < 4.78 is 19.5. The van der Waals surface area contributed by atoms with Crippen LogP contribution in [0.1, 0.15) is 133 Å². The molecule has 15 heteroatoms. The number of carbonyl (C=O) groups excluding carboxylic acids is 5. The molecule has 1 aliphatic rings. The van der Waals surface area contributed by atoms with Gasteiger partial charge in [0.1, 0.15) is 22.6 Å². The van der Waals surface area contributed by atoms with E-state index in [1.54, 1.807) is 29.3 Å². The van der Waals surface area contributed by atoms with Crippen molar-refractivity contribution in [1.29, 1.82) is 0 Å². The number of likely N-dealkylation sites (N-methyl/N-ethyl adjacent to an activating group) is 1. The van der Waals surface area contributed by atoms with Crippen molar-refractivity contribution in [1.82, 2.24) is 30.8 Å². The number of hydrogen-bond acceptors (Lipinski definition) is 10. The van der Waals surface area contributed by atoms with Crippen LogP contribution in [0.25, 0.3) is 0 Å². The van der Waals surface area contributed by atoms with Crippen molar-refractivity contribution in [2.45, 2.75) is 142 Å². The Bertz CT molecular complexity index is 1670. The zero-order valence-corrected chi connectivity index (χ0v) is 36.3. The van der Waals surface area contributed by atoms with Gasteiger partial charge in [-0.25, -0.2) is 15.2 Å².